The van der Waals surface area contributed by atoms with Crippen LogP contribution < -0.4 is 5.56 Å². The number of nitrogens with zero attached hydrogens (tertiary/aromatic N) is 5. The van der Waals surface area contributed by atoms with Gasteiger partial charge in [0.25, 0.3) is 5.56 Å². The first kappa shape index (κ1) is 14.9. The maximum atomic E-state index is 12.4. The van der Waals surface area contributed by atoms with E-state index in [1.165, 1.54) is 22.1 Å². The molecular formula is C18H13N5O2. The van der Waals surface area contributed by atoms with Crippen molar-refractivity contribution in [3.63, 3.8) is 0 Å². The zero-order valence-corrected chi connectivity index (χ0v) is 13.3. The molecule has 0 atom stereocenters. The third-order valence-electron chi connectivity index (χ3n) is 3.83. The maximum absolute atomic E-state index is 12.4. The van der Waals surface area contributed by atoms with E-state index in [1.54, 1.807) is 24.4 Å². The highest BCUT2D eigenvalue weighted by atomic mass is 16.1. The molecule has 0 fully saturated rings. The molecule has 0 bridgehead atoms. The molecule has 0 aliphatic carbocycles. The van der Waals surface area contributed by atoms with E-state index in [0.717, 1.165) is 5.56 Å². The van der Waals surface area contributed by atoms with Crippen LogP contribution in [0.15, 0.2) is 65.6 Å². The third-order valence-corrected chi connectivity index (χ3v) is 3.83. The SMILES string of the molecule is CC(=O)c1nnn(-c2cc(=O)n3ccccc3n2)c1-c1ccccc1. The number of carbonyl (C=O) groups excluding carboxylic acids is 1. The van der Waals surface area contributed by atoms with Gasteiger partial charge >= 0.3 is 0 Å². The molecule has 25 heavy (non-hydrogen) atoms. The van der Waals surface area contributed by atoms with E-state index in [9.17, 15) is 9.59 Å². The molecule has 7 nitrogen and oxygen atoms in total. The number of ketones is 1. The van der Waals surface area contributed by atoms with Crippen molar-refractivity contribution in [3.8, 4) is 17.1 Å². The smallest absolute Gasteiger partial charge is 0.260 e. The summed E-state index contributed by atoms with van der Waals surface area (Å²) in [6.45, 7) is 1.43. The van der Waals surface area contributed by atoms with E-state index in [2.05, 4.69) is 15.3 Å². The van der Waals surface area contributed by atoms with Crippen LogP contribution >= 0.6 is 0 Å². The average Bonchev–Trinajstić information content (AvgIpc) is 3.08. The molecule has 3 heterocycles. The monoisotopic (exact) mass is 331 g/mol. The first-order valence-corrected chi connectivity index (χ1v) is 7.66. The Morgan fingerprint density at radius 1 is 1.04 bits per heavy atom. The van der Waals surface area contributed by atoms with Crippen LogP contribution in [-0.4, -0.2) is 30.2 Å². The number of fused-ring (bicyclic) bond motifs is 1. The summed E-state index contributed by atoms with van der Waals surface area (Å²) in [6, 6.07) is 16.0. The Hall–Kier alpha value is -3.61. The van der Waals surface area contributed by atoms with Gasteiger partial charge < -0.3 is 0 Å². The number of pyridine rings is 1. The van der Waals surface area contributed by atoms with Crippen LogP contribution in [0.2, 0.25) is 0 Å². The normalized spacial score (nSPS) is 10.9. The average molecular weight is 331 g/mol. The van der Waals surface area contributed by atoms with Crippen molar-refractivity contribution in [2.75, 3.05) is 0 Å². The van der Waals surface area contributed by atoms with Gasteiger partial charge in [-0.1, -0.05) is 41.6 Å². The van der Waals surface area contributed by atoms with Crippen molar-refractivity contribution in [2.24, 2.45) is 0 Å². The quantitative estimate of drug-likeness (QED) is 0.537. The third kappa shape index (κ3) is 2.51. The largest absolute Gasteiger partial charge is 0.293 e. The summed E-state index contributed by atoms with van der Waals surface area (Å²) in [5, 5.41) is 8.06. The van der Waals surface area contributed by atoms with Crippen molar-refractivity contribution in [1.82, 2.24) is 24.4 Å². The molecule has 0 unspecified atom stereocenters. The second-order valence-electron chi connectivity index (χ2n) is 5.50. The molecule has 0 saturated carbocycles. The van der Waals surface area contributed by atoms with Gasteiger partial charge in [0, 0.05) is 24.8 Å². The van der Waals surface area contributed by atoms with Crippen LogP contribution in [0.1, 0.15) is 17.4 Å². The van der Waals surface area contributed by atoms with Crippen LogP contribution in [-0.2, 0) is 0 Å². The Bertz CT molecular complexity index is 1150. The molecule has 4 rings (SSSR count). The molecule has 0 spiro atoms. The summed E-state index contributed by atoms with van der Waals surface area (Å²) < 4.78 is 2.87. The Morgan fingerprint density at radius 2 is 1.80 bits per heavy atom. The Balaban J connectivity index is 2.01. The zero-order valence-electron chi connectivity index (χ0n) is 13.3. The number of hydrogen-bond donors (Lipinski definition) is 0. The Kier molecular flexibility index (Phi) is 3.46. The van der Waals surface area contributed by atoms with E-state index in [1.807, 2.05) is 30.3 Å². The predicted molar refractivity (Wildman–Crippen MR) is 91.8 cm³/mol. The summed E-state index contributed by atoms with van der Waals surface area (Å²) in [5.41, 5.74) is 1.78. The first-order chi connectivity index (χ1) is 12.1. The van der Waals surface area contributed by atoms with Crippen LogP contribution in [0.5, 0.6) is 0 Å². The van der Waals surface area contributed by atoms with Gasteiger partial charge in [-0.25, -0.2) is 4.98 Å². The van der Waals surface area contributed by atoms with Gasteiger partial charge in [-0.3, -0.25) is 14.0 Å². The van der Waals surface area contributed by atoms with Gasteiger partial charge in [0.1, 0.15) is 11.3 Å². The Morgan fingerprint density at radius 3 is 2.56 bits per heavy atom. The lowest BCUT2D eigenvalue weighted by Gasteiger charge is -2.08. The van der Waals surface area contributed by atoms with Crippen LogP contribution in [0.3, 0.4) is 0 Å². The van der Waals surface area contributed by atoms with Gasteiger partial charge in [0.15, 0.2) is 17.3 Å². The fourth-order valence-corrected chi connectivity index (χ4v) is 2.68. The second kappa shape index (κ2) is 5.79. The molecular weight excluding hydrogens is 318 g/mol. The molecule has 0 N–H and O–H groups in total. The molecule has 0 aliphatic rings. The number of hydrogen-bond acceptors (Lipinski definition) is 5. The second-order valence-corrected chi connectivity index (χ2v) is 5.50. The number of carbonyl (C=O) groups is 1. The summed E-state index contributed by atoms with van der Waals surface area (Å²) >= 11 is 0. The molecule has 3 aromatic heterocycles. The predicted octanol–water partition coefficient (Wildman–Crippen LogP) is 2.14. The van der Waals surface area contributed by atoms with E-state index in [0.29, 0.717) is 17.2 Å². The van der Waals surface area contributed by atoms with Crippen molar-refractivity contribution in [3.05, 3.63) is 76.8 Å². The highest BCUT2D eigenvalue weighted by Gasteiger charge is 2.20. The van der Waals surface area contributed by atoms with Gasteiger partial charge in [-0.15, -0.1) is 5.10 Å². The van der Waals surface area contributed by atoms with Gasteiger partial charge in [0.2, 0.25) is 0 Å². The number of Topliss-reactive ketones (excluding diaryl/α,β-unsaturated/α-hetero) is 1. The summed E-state index contributed by atoms with van der Waals surface area (Å²) in [7, 11) is 0. The van der Waals surface area contributed by atoms with Gasteiger partial charge in [-0.2, -0.15) is 4.68 Å². The highest BCUT2D eigenvalue weighted by Crippen LogP contribution is 2.24. The molecule has 0 amide bonds. The van der Waals surface area contributed by atoms with E-state index < -0.39 is 0 Å². The molecule has 7 heteroatoms. The van der Waals surface area contributed by atoms with Gasteiger partial charge in [-0.05, 0) is 12.1 Å². The topological polar surface area (TPSA) is 82.1 Å². The first-order valence-electron chi connectivity index (χ1n) is 7.66. The van der Waals surface area contributed by atoms with Crippen molar-refractivity contribution in [2.45, 2.75) is 6.92 Å². The van der Waals surface area contributed by atoms with E-state index in [-0.39, 0.29) is 17.0 Å². The maximum Gasteiger partial charge on any atom is 0.260 e. The molecule has 0 radical (unpaired) electrons. The fourth-order valence-electron chi connectivity index (χ4n) is 2.68. The zero-order chi connectivity index (χ0) is 17.4. The van der Waals surface area contributed by atoms with Crippen LogP contribution in [0, 0.1) is 0 Å². The summed E-state index contributed by atoms with van der Waals surface area (Å²) in [6.07, 6.45) is 1.65. The lowest BCUT2D eigenvalue weighted by atomic mass is 10.1. The molecule has 1 aromatic carbocycles. The number of rotatable bonds is 3. The molecule has 0 saturated heterocycles. The number of benzene rings is 1. The highest BCUT2D eigenvalue weighted by molar-refractivity contribution is 5.98. The summed E-state index contributed by atoms with van der Waals surface area (Å²) in [5.74, 6) is 0.109. The van der Waals surface area contributed by atoms with Crippen LogP contribution in [0.4, 0.5) is 0 Å². The summed E-state index contributed by atoms with van der Waals surface area (Å²) in [4.78, 5) is 28.8. The van der Waals surface area contributed by atoms with Crippen molar-refractivity contribution in [1.29, 1.82) is 0 Å². The molecule has 4 aromatic rings. The minimum Gasteiger partial charge on any atom is -0.293 e. The lowest BCUT2D eigenvalue weighted by molar-refractivity contribution is 0.101. The van der Waals surface area contributed by atoms with E-state index in [4.69, 9.17) is 0 Å². The van der Waals surface area contributed by atoms with Crippen molar-refractivity contribution >= 4 is 11.4 Å². The van der Waals surface area contributed by atoms with E-state index >= 15 is 0 Å². The van der Waals surface area contributed by atoms with Crippen molar-refractivity contribution < 1.29 is 4.79 Å². The number of aromatic nitrogens is 5. The minimum atomic E-state index is -0.237. The molecule has 122 valence electrons. The molecule has 0 aliphatic heterocycles. The minimum absolute atomic E-state index is 0.206. The standard InChI is InChI=1S/C18H13N5O2/c1-12(24)17-18(13-7-3-2-4-8-13)23(21-20-17)15-11-16(25)22-10-6-5-9-14(22)19-15/h2-11H,1H3. The van der Waals surface area contributed by atoms with Gasteiger partial charge in [0.05, 0.1) is 0 Å². The Labute approximate surface area is 142 Å². The fraction of sp³-hybridized carbons (Fsp3) is 0.0556. The lowest BCUT2D eigenvalue weighted by Crippen LogP contribution is -2.16. The van der Waals surface area contributed by atoms with Crippen LogP contribution in [0.25, 0.3) is 22.7 Å².